The van der Waals surface area contributed by atoms with Crippen LogP contribution >= 0.6 is 23.2 Å². The lowest BCUT2D eigenvalue weighted by atomic mass is 10.1. The van der Waals surface area contributed by atoms with E-state index in [1.807, 2.05) is 13.8 Å². The average molecular weight is 275 g/mol. The van der Waals surface area contributed by atoms with Gasteiger partial charge in [-0.2, -0.15) is 0 Å². The molecule has 0 unspecified atom stereocenters. The maximum absolute atomic E-state index is 11.7. The van der Waals surface area contributed by atoms with Crippen LogP contribution in [0.1, 0.15) is 19.4 Å². The molecule has 3 N–H and O–H groups in total. The Kier molecular flexibility index (Phi) is 4.80. The van der Waals surface area contributed by atoms with Crippen molar-refractivity contribution in [1.82, 2.24) is 5.32 Å². The van der Waals surface area contributed by atoms with Crippen LogP contribution in [0.4, 0.5) is 0 Å². The fourth-order valence-electron chi connectivity index (χ4n) is 1.25. The van der Waals surface area contributed by atoms with Gasteiger partial charge in [-0.1, -0.05) is 29.3 Å². The zero-order valence-corrected chi connectivity index (χ0v) is 11.4. The molecule has 0 saturated carbocycles. The summed E-state index contributed by atoms with van der Waals surface area (Å²) in [5.41, 5.74) is 5.98. The molecule has 3 nitrogen and oxygen atoms in total. The summed E-state index contributed by atoms with van der Waals surface area (Å²) in [7, 11) is 0. The molecule has 0 aliphatic rings. The van der Waals surface area contributed by atoms with E-state index < -0.39 is 5.54 Å². The molecule has 17 heavy (non-hydrogen) atoms. The molecule has 0 radical (unpaired) electrons. The third-order valence-corrected chi connectivity index (χ3v) is 2.85. The van der Waals surface area contributed by atoms with Crippen molar-refractivity contribution in [3.05, 3.63) is 33.8 Å². The lowest BCUT2D eigenvalue weighted by Gasteiger charge is -2.19. The Morgan fingerprint density at radius 3 is 2.35 bits per heavy atom. The monoisotopic (exact) mass is 274 g/mol. The Bertz CT molecular complexity index is 393. The highest BCUT2D eigenvalue weighted by Crippen LogP contribution is 2.24. The van der Waals surface area contributed by atoms with Crippen LogP contribution in [0.15, 0.2) is 18.2 Å². The first-order valence-corrected chi connectivity index (χ1v) is 6.03. The van der Waals surface area contributed by atoms with Crippen molar-refractivity contribution in [2.24, 2.45) is 5.73 Å². The first-order valence-electron chi connectivity index (χ1n) is 5.28. The van der Waals surface area contributed by atoms with Crippen molar-refractivity contribution < 1.29 is 4.79 Å². The first-order chi connectivity index (χ1) is 7.79. The fraction of sp³-hybridized carbons (Fsp3) is 0.417. The molecular formula is C12H16Cl2N2O. The predicted octanol–water partition coefficient (Wildman–Crippen LogP) is 2.39. The Labute approximate surface area is 111 Å². The van der Waals surface area contributed by atoms with Crippen molar-refractivity contribution in [2.45, 2.75) is 25.8 Å². The van der Waals surface area contributed by atoms with Gasteiger partial charge in [-0.15, -0.1) is 0 Å². The van der Waals surface area contributed by atoms with Gasteiger partial charge < -0.3 is 11.1 Å². The second-order valence-corrected chi connectivity index (χ2v) is 5.46. The molecule has 0 aliphatic carbocycles. The molecule has 0 fully saturated rings. The third-order valence-electron chi connectivity index (χ3n) is 2.14. The summed E-state index contributed by atoms with van der Waals surface area (Å²) in [5.74, 6) is -0.140. The van der Waals surface area contributed by atoms with E-state index >= 15 is 0 Å². The van der Waals surface area contributed by atoms with Gasteiger partial charge in [-0.05, 0) is 31.5 Å². The van der Waals surface area contributed by atoms with E-state index in [9.17, 15) is 4.79 Å². The number of hydrogen-bond donors (Lipinski definition) is 2. The normalized spacial score (nSPS) is 11.4. The number of benzene rings is 1. The highest BCUT2D eigenvalue weighted by Gasteiger charge is 2.14. The summed E-state index contributed by atoms with van der Waals surface area (Å²) in [4.78, 5) is 11.7. The molecule has 0 heterocycles. The van der Waals surface area contributed by atoms with Crippen LogP contribution in [0.3, 0.4) is 0 Å². The highest BCUT2D eigenvalue weighted by molar-refractivity contribution is 6.36. The molecule has 0 aromatic heterocycles. The van der Waals surface area contributed by atoms with E-state index in [2.05, 4.69) is 5.32 Å². The van der Waals surface area contributed by atoms with E-state index in [4.69, 9.17) is 28.9 Å². The minimum absolute atomic E-state index is 0.140. The van der Waals surface area contributed by atoms with Crippen LogP contribution in [-0.4, -0.2) is 18.0 Å². The van der Waals surface area contributed by atoms with E-state index in [1.165, 1.54) is 0 Å². The van der Waals surface area contributed by atoms with Gasteiger partial charge in [0.1, 0.15) is 0 Å². The Balaban J connectivity index is 2.63. The molecular weight excluding hydrogens is 259 g/mol. The number of rotatable bonds is 4. The van der Waals surface area contributed by atoms with Gasteiger partial charge in [0.25, 0.3) is 0 Å². The van der Waals surface area contributed by atoms with Gasteiger partial charge in [-0.3, -0.25) is 4.79 Å². The van der Waals surface area contributed by atoms with E-state index in [-0.39, 0.29) is 12.3 Å². The van der Waals surface area contributed by atoms with Gasteiger partial charge in [-0.25, -0.2) is 0 Å². The zero-order chi connectivity index (χ0) is 13.1. The van der Waals surface area contributed by atoms with E-state index in [0.29, 0.717) is 22.2 Å². The predicted molar refractivity (Wildman–Crippen MR) is 71.4 cm³/mol. The minimum Gasteiger partial charge on any atom is -0.354 e. The van der Waals surface area contributed by atoms with Gasteiger partial charge in [0, 0.05) is 22.1 Å². The van der Waals surface area contributed by atoms with Crippen LogP contribution < -0.4 is 11.1 Å². The molecule has 0 aliphatic heterocycles. The molecule has 5 heteroatoms. The molecule has 0 bridgehead atoms. The first kappa shape index (κ1) is 14.3. The number of carbonyl (C=O) groups is 1. The minimum atomic E-state index is -0.431. The van der Waals surface area contributed by atoms with Crippen molar-refractivity contribution in [3.8, 4) is 0 Å². The SMILES string of the molecule is CC(C)(N)CNC(=O)Cc1c(Cl)cccc1Cl. The number of hydrogen-bond acceptors (Lipinski definition) is 2. The summed E-state index contributed by atoms with van der Waals surface area (Å²) in [5, 5.41) is 3.74. The van der Waals surface area contributed by atoms with Crippen LogP contribution in [0.5, 0.6) is 0 Å². The second-order valence-electron chi connectivity index (χ2n) is 4.64. The van der Waals surface area contributed by atoms with Gasteiger partial charge in [0.05, 0.1) is 6.42 Å². The van der Waals surface area contributed by atoms with Crippen molar-refractivity contribution >= 4 is 29.1 Å². The van der Waals surface area contributed by atoms with Crippen molar-refractivity contribution in [1.29, 1.82) is 0 Å². The standard InChI is InChI=1S/C12H16Cl2N2O/c1-12(2,15)7-16-11(17)6-8-9(13)4-3-5-10(8)14/h3-5H,6-7,15H2,1-2H3,(H,16,17). The van der Waals surface area contributed by atoms with Crippen LogP contribution in [0, 0.1) is 0 Å². The highest BCUT2D eigenvalue weighted by atomic mass is 35.5. The Morgan fingerprint density at radius 1 is 1.35 bits per heavy atom. The van der Waals surface area contributed by atoms with Crippen LogP contribution in [0.25, 0.3) is 0 Å². The van der Waals surface area contributed by atoms with Crippen LogP contribution in [-0.2, 0) is 11.2 Å². The number of nitrogens with one attached hydrogen (secondary N) is 1. The van der Waals surface area contributed by atoms with Crippen molar-refractivity contribution in [2.75, 3.05) is 6.54 Å². The third kappa shape index (κ3) is 4.94. The average Bonchev–Trinajstić information content (AvgIpc) is 2.20. The lowest BCUT2D eigenvalue weighted by molar-refractivity contribution is -0.120. The Hall–Kier alpha value is -0.770. The lowest BCUT2D eigenvalue weighted by Crippen LogP contribution is -2.45. The van der Waals surface area contributed by atoms with Crippen molar-refractivity contribution in [3.63, 3.8) is 0 Å². The number of halogens is 2. The second kappa shape index (κ2) is 5.71. The Morgan fingerprint density at radius 2 is 1.88 bits per heavy atom. The number of carbonyl (C=O) groups excluding carboxylic acids is 1. The van der Waals surface area contributed by atoms with Gasteiger partial charge >= 0.3 is 0 Å². The van der Waals surface area contributed by atoms with Gasteiger partial charge in [0.2, 0.25) is 5.91 Å². The zero-order valence-electron chi connectivity index (χ0n) is 9.89. The smallest absolute Gasteiger partial charge is 0.224 e. The summed E-state index contributed by atoms with van der Waals surface area (Å²) < 4.78 is 0. The largest absolute Gasteiger partial charge is 0.354 e. The quantitative estimate of drug-likeness (QED) is 0.886. The van der Waals surface area contributed by atoms with E-state index in [1.54, 1.807) is 18.2 Å². The molecule has 0 atom stereocenters. The maximum atomic E-state index is 11.7. The number of nitrogens with two attached hydrogens (primary N) is 1. The molecule has 1 aromatic carbocycles. The maximum Gasteiger partial charge on any atom is 0.224 e. The molecule has 1 amide bonds. The molecule has 0 spiro atoms. The van der Waals surface area contributed by atoms with Crippen LogP contribution in [0.2, 0.25) is 10.0 Å². The molecule has 94 valence electrons. The summed E-state index contributed by atoms with van der Waals surface area (Å²) in [6.07, 6.45) is 0.161. The fourth-order valence-corrected chi connectivity index (χ4v) is 1.78. The number of amides is 1. The molecule has 1 aromatic rings. The summed E-state index contributed by atoms with van der Waals surface area (Å²) in [6, 6.07) is 5.17. The summed E-state index contributed by atoms with van der Waals surface area (Å²) in [6.45, 7) is 4.10. The van der Waals surface area contributed by atoms with E-state index in [0.717, 1.165) is 0 Å². The van der Waals surface area contributed by atoms with Gasteiger partial charge in [0.15, 0.2) is 0 Å². The molecule has 0 saturated heterocycles. The summed E-state index contributed by atoms with van der Waals surface area (Å²) >= 11 is 11.9. The molecule has 1 rings (SSSR count). The topological polar surface area (TPSA) is 55.1 Å².